The zero-order valence-corrected chi connectivity index (χ0v) is 12.5. The summed E-state index contributed by atoms with van der Waals surface area (Å²) in [5.41, 5.74) is 1.05. The highest BCUT2D eigenvalue weighted by Gasteiger charge is 2.14. The van der Waals surface area contributed by atoms with Crippen molar-refractivity contribution in [2.45, 2.75) is 6.54 Å². The molecule has 0 saturated heterocycles. The third-order valence-corrected chi connectivity index (χ3v) is 3.69. The van der Waals surface area contributed by atoms with E-state index in [1.807, 2.05) is 30.3 Å². The Morgan fingerprint density at radius 1 is 1.17 bits per heavy atom. The fourth-order valence-electron chi connectivity index (χ4n) is 2.50. The standard InChI is InChI=1S/C18H15FN2O2/c1-21-11-15(17(22)14-9-13(19)7-8-16(14)21)18(23)20-10-12-5-3-2-4-6-12/h2-9,11H,10H2,1H3,(H,20,23). The summed E-state index contributed by atoms with van der Waals surface area (Å²) in [5.74, 6) is -0.975. The van der Waals surface area contributed by atoms with E-state index < -0.39 is 17.2 Å². The summed E-state index contributed by atoms with van der Waals surface area (Å²) >= 11 is 0. The van der Waals surface area contributed by atoms with Gasteiger partial charge in [0.25, 0.3) is 5.91 Å². The number of halogens is 1. The molecule has 0 unspecified atom stereocenters. The van der Waals surface area contributed by atoms with Crippen molar-refractivity contribution >= 4 is 16.8 Å². The number of carbonyl (C=O) groups excluding carboxylic acids is 1. The molecule has 3 aromatic rings. The lowest BCUT2D eigenvalue weighted by molar-refractivity contribution is 0.0949. The minimum atomic E-state index is -0.503. The van der Waals surface area contributed by atoms with Crippen molar-refractivity contribution in [1.29, 1.82) is 0 Å². The number of nitrogens with zero attached hydrogens (tertiary/aromatic N) is 1. The zero-order valence-electron chi connectivity index (χ0n) is 12.5. The van der Waals surface area contributed by atoms with Gasteiger partial charge in [-0.1, -0.05) is 30.3 Å². The number of carbonyl (C=O) groups is 1. The molecule has 1 heterocycles. The van der Waals surface area contributed by atoms with Crippen LogP contribution in [0.1, 0.15) is 15.9 Å². The largest absolute Gasteiger partial charge is 0.350 e. The smallest absolute Gasteiger partial charge is 0.257 e. The lowest BCUT2D eigenvalue weighted by Gasteiger charge is -2.10. The molecule has 1 aromatic heterocycles. The maximum absolute atomic E-state index is 13.4. The summed E-state index contributed by atoms with van der Waals surface area (Å²) in [5, 5.41) is 2.91. The zero-order chi connectivity index (χ0) is 16.4. The van der Waals surface area contributed by atoms with Crippen LogP contribution < -0.4 is 10.7 Å². The summed E-state index contributed by atoms with van der Waals surface area (Å²) < 4.78 is 15.0. The molecule has 0 bridgehead atoms. The Balaban J connectivity index is 1.94. The Morgan fingerprint density at radius 2 is 1.91 bits per heavy atom. The number of pyridine rings is 1. The van der Waals surface area contributed by atoms with Crippen LogP contribution in [0.25, 0.3) is 10.9 Å². The summed E-state index contributed by atoms with van der Waals surface area (Å²) in [6, 6.07) is 13.4. The van der Waals surface area contributed by atoms with Crippen LogP contribution >= 0.6 is 0 Å². The van der Waals surface area contributed by atoms with Gasteiger partial charge in [0.1, 0.15) is 11.4 Å². The molecule has 1 amide bonds. The third-order valence-electron chi connectivity index (χ3n) is 3.69. The lowest BCUT2D eigenvalue weighted by atomic mass is 10.1. The number of aryl methyl sites for hydroxylation is 1. The number of nitrogens with one attached hydrogen (secondary N) is 1. The van der Waals surface area contributed by atoms with Gasteiger partial charge in [-0.05, 0) is 23.8 Å². The van der Waals surface area contributed by atoms with E-state index >= 15 is 0 Å². The van der Waals surface area contributed by atoms with Gasteiger partial charge in [0.15, 0.2) is 0 Å². The van der Waals surface area contributed by atoms with Crippen molar-refractivity contribution in [2.75, 3.05) is 0 Å². The number of amides is 1. The molecule has 0 radical (unpaired) electrons. The van der Waals surface area contributed by atoms with E-state index in [0.717, 1.165) is 11.6 Å². The first kappa shape index (κ1) is 15.0. The predicted molar refractivity (Wildman–Crippen MR) is 86.8 cm³/mol. The molecule has 4 nitrogen and oxygen atoms in total. The van der Waals surface area contributed by atoms with E-state index in [9.17, 15) is 14.0 Å². The van der Waals surface area contributed by atoms with E-state index in [1.165, 1.54) is 18.3 Å². The first-order chi connectivity index (χ1) is 11.1. The molecule has 2 aromatic carbocycles. The number of hydrogen-bond acceptors (Lipinski definition) is 2. The van der Waals surface area contributed by atoms with Gasteiger partial charge in [0.2, 0.25) is 5.43 Å². The highest BCUT2D eigenvalue weighted by Crippen LogP contribution is 2.12. The average molecular weight is 310 g/mol. The van der Waals surface area contributed by atoms with Gasteiger partial charge in [-0.25, -0.2) is 4.39 Å². The second kappa shape index (κ2) is 6.04. The number of benzene rings is 2. The number of hydrogen-bond donors (Lipinski definition) is 1. The van der Waals surface area contributed by atoms with Crippen molar-refractivity contribution in [1.82, 2.24) is 9.88 Å². The second-order valence-corrected chi connectivity index (χ2v) is 5.31. The van der Waals surface area contributed by atoms with Gasteiger partial charge in [-0.2, -0.15) is 0 Å². The molecule has 0 saturated carbocycles. The average Bonchev–Trinajstić information content (AvgIpc) is 2.56. The molecule has 0 aliphatic carbocycles. The third kappa shape index (κ3) is 2.99. The molecule has 23 heavy (non-hydrogen) atoms. The highest BCUT2D eigenvalue weighted by molar-refractivity contribution is 5.97. The van der Waals surface area contributed by atoms with E-state index in [-0.39, 0.29) is 10.9 Å². The minimum absolute atomic E-state index is 0.00142. The van der Waals surface area contributed by atoms with E-state index in [2.05, 4.69) is 5.32 Å². The second-order valence-electron chi connectivity index (χ2n) is 5.31. The Hall–Kier alpha value is -2.95. The first-order valence-electron chi connectivity index (χ1n) is 7.17. The maximum atomic E-state index is 13.4. The van der Waals surface area contributed by atoms with Crippen molar-refractivity contribution < 1.29 is 9.18 Å². The van der Waals surface area contributed by atoms with Crippen LogP contribution in [0.4, 0.5) is 4.39 Å². The highest BCUT2D eigenvalue weighted by atomic mass is 19.1. The van der Waals surface area contributed by atoms with Gasteiger partial charge in [0, 0.05) is 25.2 Å². The first-order valence-corrected chi connectivity index (χ1v) is 7.17. The molecular formula is C18H15FN2O2. The van der Waals surface area contributed by atoms with E-state index in [1.54, 1.807) is 11.6 Å². The van der Waals surface area contributed by atoms with E-state index in [4.69, 9.17) is 0 Å². The molecule has 0 fully saturated rings. The van der Waals surface area contributed by atoms with Gasteiger partial charge >= 0.3 is 0 Å². The van der Waals surface area contributed by atoms with Crippen molar-refractivity contribution in [2.24, 2.45) is 7.05 Å². The Labute approximate surface area is 132 Å². The van der Waals surface area contributed by atoms with Crippen LogP contribution in [-0.4, -0.2) is 10.5 Å². The van der Waals surface area contributed by atoms with Crippen LogP contribution in [0, 0.1) is 5.82 Å². The van der Waals surface area contributed by atoms with Gasteiger partial charge < -0.3 is 9.88 Å². The predicted octanol–water partition coefficient (Wildman–Crippen LogP) is 2.61. The molecule has 0 spiro atoms. The van der Waals surface area contributed by atoms with Gasteiger partial charge in [0.05, 0.1) is 5.52 Å². The van der Waals surface area contributed by atoms with Crippen molar-refractivity contribution in [3.05, 3.63) is 81.9 Å². The van der Waals surface area contributed by atoms with E-state index in [0.29, 0.717) is 12.1 Å². The summed E-state index contributed by atoms with van der Waals surface area (Å²) in [6.07, 6.45) is 1.48. The number of aromatic nitrogens is 1. The molecule has 0 aliphatic heterocycles. The topological polar surface area (TPSA) is 51.1 Å². The van der Waals surface area contributed by atoms with Crippen LogP contribution in [0.15, 0.2) is 59.5 Å². The van der Waals surface area contributed by atoms with Gasteiger partial charge in [-0.15, -0.1) is 0 Å². The molecule has 1 N–H and O–H groups in total. The molecular weight excluding hydrogens is 295 g/mol. The molecule has 0 aliphatic rings. The molecule has 116 valence electrons. The maximum Gasteiger partial charge on any atom is 0.257 e. The molecule has 3 rings (SSSR count). The van der Waals surface area contributed by atoms with Crippen molar-refractivity contribution in [3.8, 4) is 0 Å². The summed E-state index contributed by atoms with van der Waals surface area (Å²) in [7, 11) is 1.72. The Kier molecular flexibility index (Phi) is 3.93. The van der Waals surface area contributed by atoms with Crippen LogP contribution in [0.3, 0.4) is 0 Å². The minimum Gasteiger partial charge on any atom is -0.350 e. The Morgan fingerprint density at radius 3 is 2.65 bits per heavy atom. The Bertz CT molecular complexity index is 933. The van der Waals surface area contributed by atoms with Crippen LogP contribution in [-0.2, 0) is 13.6 Å². The van der Waals surface area contributed by atoms with Crippen LogP contribution in [0.2, 0.25) is 0 Å². The number of fused-ring (bicyclic) bond motifs is 1. The van der Waals surface area contributed by atoms with Gasteiger partial charge in [-0.3, -0.25) is 9.59 Å². The molecule has 5 heteroatoms. The summed E-state index contributed by atoms with van der Waals surface area (Å²) in [6.45, 7) is 0.323. The normalized spacial score (nSPS) is 10.7. The quantitative estimate of drug-likeness (QED) is 0.808. The van der Waals surface area contributed by atoms with Crippen LogP contribution in [0.5, 0.6) is 0 Å². The van der Waals surface area contributed by atoms with Crippen molar-refractivity contribution in [3.63, 3.8) is 0 Å². The fourth-order valence-corrected chi connectivity index (χ4v) is 2.50. The molecule has 0 atom stereocenters. The SMILES string of the molecule is Cn1cc(C(=O)NCc2ccccc2)c(=O)c2cc(F)ccc21. The lowest BCUT2D eigenvalue weighted by Crippen LogP contribution is -2.29. The fraction of sp³-hybridized carbons (Fsp3) is 0.111. The number of rotatable bonds is 3. The monoisotopic (exact) mass is 310 g/mol. The summed E-state index contributed by atoms with van der Waals surface area (Å²) in [4.78, 5) is 24.7.